The van der Waals surface area contributed by atoms with E-state index in [1.165, 1.54) is 0 Å². The lowest BCUT2D eigenvalue weighted by Gasteiger charge is -2.34. The number of hydrogen-bond acceptors (Lipinski definition) is 4. The summed E-state index contributed by atoms with van der Waals surface area (Å²) in [7, 11) is 0. The second-order valence-corrected chi connectivity index (χ2v) is 10.6. The topological polar surface area (TPSA) is 60.2 Å². The molecule has 1 fully saturated rings. The predicted molar refractivity (Wildman–Crippen MR) is 133 cm³/mol. The van der Waals surface area contributed by atoms with Crippen molar-refractivity contribution in [3.63, 3.8) is 0 Å². The van der Waals surface area contributed by atoms with Crippen molar-refractivity contribution in [1.29, 1.82) is 0 Å². The molecule has 1 amide bonds. The Kier molecular flexibility index (Phi) is 6.81. The normalized spacial score (nSPS) is 16.9. The number of carbonyl (C=O) groups is 1. The lowest BCUT2D eigenvalue weighted by Crippen LogP contribution is -2.43. The second kappa shape index (κ2) is 9.32. The first kappa shape index (κ1) is 24.1. The third-order valence-corrected chi connectivity index (χ3v) is 6.65. The molecule has 0 bridgehead atoms. The Morgan fingerprint density at radius 3 is 2.58 bits per heavy atom. The summed E-state index contributed by atoms with van der Waals surface area (Å²) >= 11 is 19.4. The molecule has 1 atom stereocenters. The Labute approximate surface area is 208 Å². The molecule has 0 unspecified atom stereocenters. The number of carbonyl (C=O) groups excluding carboxylic acids is 1. The molecule has 0 spiro atoms. The van der Waals surface area contributed by atoms with Gasteiger partial charge in [0, 0.05) is 36.8 Å². The van der Waals surface area contributed by atoms with Crippen LogP contribution in [-0.4, -0.2) is 44.2 Å². The largest absolute Gasteiger partial charge is 0.444 e. The lowest BCUT2D eigenvalue weighted by molar-refractivity contribution is 0.0158. The maximum Gasteiger partial charge on any atom is 0.410 e. The summed E-state index contributed by atoms with van der Waals surface area (Å²) < 4.78 is 7.72. The third-order valence-electron chi connectivity index (χ3n) is 5.84. The second-order valence-electron chi connectivity index (χ2n) is 9.49. The highest BCUT2D eigenvalue weighted by Gasteiger charge is 2.30. The number of ether oxygens (including phenoxy) is 1. The summed E-state index contributed by atoms with van der Waals surface area (Å²) in [5.41, 5.74) is 2.84. The summed E-state index contributed by atoms with van der Waals surface area (Å²) in [6.45, 7) is 9.57. The van der Waals surface area contributed by atoms with Crippen LogP contribution in [0.4, 0.5) is 4.79 Å². The average molecular weight is 510 g/mol. The fraction of sp³-hybridized carbons (Fsp3) is 0.458. The van der Waals surface area contributed by atoms with E-state index in [1.807, 2.05) is 45.9 Å². The molecule has 3 heterocycles. The first-order valence-corrected chi connectivity index (χ1v) is 12.1. The molecule has 1 aromatic carbocycles. The van der Waals surface area contributed by atoms with Gasteiger partial charge in [0.05, 0.1) is 15.7 Å². The van der Waals surface area contributed by atoms with Crippen LogP contribution in [-0.2, 0) is 11.3 Å². The van der Waals surface area contributed by atoms with Gasteiger partial charge in [-0.15, -0.1) is 0 Å². The number of piperidine rings is 1. The Balaban J connectivity index is 1.74. The van der Waals surface area contributed by atoms with E-state index in [0.717, 1.165) is 40.7 Å². The molecule has 0 radical (unpaired) electrons. The summed E-state index contributed by atoms with van der Waals surface area (Å²) in [5, 5.41) is 2.20. The van der Waals surface area contributed by atoms with Crippen LogP contribution in [0.2, 0.25) is 15.3 Å². The van der Waals surface area contributed by atoms with Crippen molar-refractivity contribution in [2.45, 2.75) is 52.7 Å². The van der Waals surface area contributed by atoms with E-state index in [-0.39, 0.29) is 17.3 Å². The molecule has 3 aromatic rings. The minimum Gasteiger partial charge on any atom is -0.444 e. The van der Waals surface area contributed by atoms with E-state index in [9.17, 15) is 4.79 Å². The number of hydrogen-bond donors (Lipinski definition) is 0. The van der Waals surface area contributed by atoms with Gasteiger partial charge in [-0.05, 0) is 75.8 Å². The molecule has 33 heavy (non-hydrogen) atoms. The van der Waals surface area contributed by atoms with Gasteiger partial charge < -0.3 is 14.2 Å². The van der Waals surface area contributed by atoms with Crippen molar-refractivity contribution in [3.8, 4) is 11.3 Å². The minimum atomic E-state index is -0.528. The number of rotatable bonds is 3. The van der Waals surface area contributed by atoms with Gasteiger partial charge in [0.1, 0.15) is 11.2 Å². The van der Waals surface area contributed by atoms with Crippen LogP contribution in [0, 0.1) is 12.8 Å². The Bertz CT molecular complexity index is 1180. The molecule has 9 heteroatoms. The molecule has 1 aliphatic rings. The smallest absolute Gasteiger partial charge is 0.410 e. The lowest BCUT2D eigenvalue weighted by atomic mass is 9.97. The van der Waals surface area contributed by atoms with Crippen molar-refractivity contribution < 1.29 is 9.53 Å². The molecule has 1 aliphatic heterocycles. The van der Waals surface area contributed by atoms with Gasteiger partial charge in [0.25, 0.3) is 0 Å². The van der Waals surface area contributed by atoms with Crippen molar-refractivity contribution in [2.24, 2.45) is 5.92 Å². The van der Waals surface area contributed by atoms with Gasteiger partial charge in [0.2, 0.25) is 5.28 Å². The molecule has 0 aliphatic carbocycles. The molecule has 1 saturated heterocycles. The fourth-order valence-electron chi connectivity index (χ4n) is 4.45. The maximum absolute atomic E-state index is 12.7. The summed E-state index contributed by atoms with van der Waals surface area (Å²) in [6.07, 6.45) is 3.34. The summed E-state index contributed by atoms with van der Waals surface area (Å²) in [6, 6.07) is 5.48. The number of aromatic nitrogens is 3. The highest BCUT2D eigenvalue weighted by Crippen LogP contribution is 2.41. The number of likely N-dealkylation sites (tertiary alicyclic amines) is 1. The number of benzene rings is 1. The third kappa shape index (κ3) is 5.08. The van der Waals surface area contributed by atoms with Crippen LogP contribution in [0.5, 0.6) is 0 Å². The first-order valence-electron chi connectivity index (χ1n) is 11.0. The zero-order valence-corrected chi connectivity index (χ0v) is 21.4. The fourth-order valence-corrected chi connectivity index (χ4v) is 5.15. The molecule has 0 saturated carbocycles. The quantitative estimate of drug-likeness (QED) is 0.356. The minimum absolute atomic E-state index is 0.178. The summed E-state index contributed by atoms with van der Waals surface area (Å²) in [5.74, 6) is 0.204. The van der Waals surface area contributed by atoms with Crippen LogP contribution < -0.4 is 0 Å². The molecule has 2 aromatic heterocycles. The van der Waals surface area contributed by atoms with Crippen LogP contribution >= 0.6 is 34.8 Å². The van der Waals surface area contributed by atoms with Gasteiger partial charge in [-0.3, -0.25) is 0 Å². The van der Waals surface area contributed by atoms with Crippen molar-refractivity contribution in [1.82, 2.24) is 19.4 Å². The van der Waals surface area contributed by atoms with E-state index in [2.05, 4.69) is 14.5 Å². The molecule has 4 rings (SSSR count). The van der Waals surface area contributed by atoms with Gasteiger partial charge in [-0.2, -0.15) is 4.98 Å². The van der Waals surface area contributed by atoms with E-state index in [1.54, 1.807) is 11.1 Å². The predicted octanol–water partition coefficient (Wildman–Crippen LogP) is 7.01. The van der Waals surface area contributed by atoms with Gasteiger partial charge in [0.15, 0.2) is 0 Å². The van der Waals surface area contributed by atoms with E-state index in [4.69, 9.17) is 39.5 Å². The first-order chi connectivity index (χ1) is 15.5. The number of halogens is 3. The standard InChI is InChI=1S/C24H27Cl3N4O2/c1-14-16-11-28-22(27)29-21(16)31(20(14)19-17(25)8-5-9-18(19)26)13-15-7-6-10-30(12-15)23(32)33-24(2,3)4/h5,8-9,11,15H,6-7,10,12-13H2,1-4H3/t15-/m1/s1. The molecule has 0 N–H and O–H groups in total. The zero-order chi connectivity index (χ0) is 23.9. The number of fused-ring (bicyclic) bond motifs is 1. The Morgan fingerprint density at radius 1 is 1.21 bits per heavy atom. The van der Waals surface area contributed by atoms with Crippen LogP contribution in [0.25, 0.3) is 22.3 Å². The SMILES string of the molecule is Cc1c(-c2c(Cl)cccc2Cl)n(C[C@@H]2CCCN(C(=O)OC(C)(C)C)C2)c2nc(Cl)ncc12. The highest BCUT2D eigenvalue weighted by molar-refractivity contribution is 6.39. The Morgan fingerprint density at radius 2 is 1.91 bits per heavy atom. The molecule has 6 nitrogen and oxygen atoms in total. The summed E-state index contributed by atoms with van der Waals surface area (Å²) in [4.78, 5) is 23.2. The van der Waals surface area contributed by atoms with Crippen LogP contribution in [0.15, 0.2) is 24.4 Å². The van der Waals surface area contributed by atoms with Crippen molar-refractivity contribution in [2.75, 3.05) is 13.1 Å². The maximum atomic E-state index is 12.7. The van der Waals surface area contributed by atoms with Crippen LogP contribution in [0.3, 0.4) is 0 Å². The number of nitrogens with zero attached hydrogens (tertiary/aromatic N) is 4. The van der Waals surface area contributed by atoms with E-state index >= 15 is 0 Å². The van der Waals surface area contributed by atoms with E-state index in [0.29, 0.717) is 29.7 Å². The Hall–Kier alpha value is -2.02. The molecular formula is C24H27Cl3N4O2. The van der Waals surface area contributed by atoms with Gasteiger partial charge in [-0.1, -0.05) is 29.3 Å². The monoisotopic (exact) mass is 508 g/mol. The number of aryl methyl sites for hydroxylation is 1. The number of amides is 1. The van der Waals surface area contributed by atoms with Gasteiger partial charge in [-0.25, -0.2) is 9.78 Å². The van der Waals surface area contributed by atoms with Crippen molar-refractivity contribution in [3.05, 3.63) is 45.3 Å². The molecule has 176 valence electrons. The van der Waals surface area contributed by atoms with Crippen LogP contribution in [0.1, 0.15) is 39.2 Å². The molecular weight excluding hydrogens is 483 g/mol. The zero-order valence-electron chi connectivity index (χ0n) is 19.2. The average Bonchev–Trinajstić information content (AvgIpc) is 2.98. The highest BCUT2D eigenvalue weighted by atomic mass is 35.5. The van der Waals surface area contributed by atoms with Crippen molar-refractivity contribution >= 4 is 51.9 Å². The van der Waals surface area contributed by atoms with Gasteiger partial charge >= 0.3 is 6.09 Å². The van der Waals surface area contributed by atoms with E-state index < -0.39 is 5.60 Å².